The molecule has 106 valence electrons. The summed E-state index contributed by atoms with van der Waals surface area (Å²) in [6.45, 7) is 6.54. The Labute approximate surface area is 126 Å². The van der Waals surface area contributed by atoms with Gasteiger partial charge >= 0.3 is 0 Å². The van der Waals surface area contributed by atoms with Gasteiger partial charge in [0.15, 0.2) is 5.65 Å². The molecule has 2 aliphatic rings. The monoisotopic (exact) mass is 335 g/mol. The number of nitrogens with one attached hydrogen (secondary N) is 1. The minimum absolute atomic E-state index is 0.444. The van der Waals surface area contributed by atoms with Gasteiger partial charge in [-0.3, -0.25) is 0 Å². The summed E-state index contributed by atoms with van der Waals surface area (Å²) in [6.07, 6.45) is 4.16. The minimum Gasteiger partial charge on any atom is -0.356 e. The Bertz CT molecular complexity index is 661. The third kappa shape index (κ3) is 1.78. The van der Waals surface area contributed by atoms with Gasteiger partial charge in [-0.25, -0.2) is 4.98 Å². The predicted octanol–water partition coefficient (Wildman–Crippen LogP) is 1.95. The third-order valence-electron chi connectivity index (χ3n) is 4.33. The lowest BCUT2D eigenvalue weighted by atomic mass is 10.0. The highest BCUT2D eigenvalue weighted by atomic mass is 79.9. The molecule has 0 aromatic carbocycles. The number of hydrogen-bond donors (Lipinski definition) is 1. The number of rotatable bonds is 1. The van der Waals surface area contributed by atoms with Gasteiger partial charge in [-0.2, -0.15) is 9.61 Å². The van der Waals surface area contributed by atoms with Crippen LogP contribution in [-0.2, 0) is 6.42 Å². The van der Waals surface area contributed by atoms with Crippen molar-refractivity contribution < 1.29 is 0 Å². The van der Waals surface area contributed by atoms with Crippen molar-refractivity contribution in [1.82, 2.24) is 19.9 Å². The third-order valence-corrected chi connectivity index (χ3v) is 4.89. The van der Waals surface area contributed by atoms with Gasteiger partial charge in [0.1, 0.15) is 5.82 Å². The molecule has 2 aliphatic heterocycles. The van der Waals surface area contributed by atoms with Crippen LogP contribution in [0.2, 0.25) is 0 Å². The van der Waals surface area contributed by atoms with Gasteiger partial charge in [-0.15, -0.1) is 0 Å². The number of anilines is 1. The van der Waals surface area contributed by atoms with Gasteiger partial charge in [0.05, 0.1) is 16.4 Å². The van der Waals surface area contributed by atoms with Crippen molar-refractivity contribution in [2.24, 2.45) is 0 Å². The van der Waals surface area contributed by atoms with Crippen LogP contribution in [0.5, 0.6) is 0 Å². The zero-order chi connectivity index (χ0) is 13.7. The van der Waals surface area contributed by atoms with Gasteiger partial charge in [-0.05, 0) is 35.3 Å². The van der Waals surface area contributed by atoms with Crippen molar-refractivity contribution in [3.8, 4) is 0 Å². The first-order valence-corrected chi connectivity index (χ1v) is 8.06. The number of nitrogens with zero attached hydrogens (tertiary/aromatic N) is 4. The summed E-state index contributed by atoms with van der Waals surface area (Å²) in [5.41, 5.74) is 3.57. The summed E-state index contributed by atoms with van der Waals surface area (Å²) < 4.78 is 2.99. The van der Waals surface area contributed by atoms with E-state index in [4.69, 9.17) is 4.98 Å². The smallest absolute Gasteiger partial charge is 0.171 e. The average molecular weight is 336 g/mol. The summed E-state index contributed by atoms with van der Waals surface area (Å²) in [5, 5.41) is 8.04. The molecule has 4 heterocycles. The van der Waals surface area contributed by atoms with Crippen LogP contribution in [0.3, 0.4) is 0 Å². The van der Waals surface area contributed by atoms with Gasteiger partial charge in [0.2, 0.25) is 0 Å². The van der Waals surface area contributed by atoms with Crippen LogP contribution in [0.15, 0.2) is 10.7 Å². The molecule has 1 unspecified atom stereocenters. The maximum absolute atomic E-state index is 4.90. The molecule has 0 aliphatic carbocycles. The molecular weight excluding hydrogens is 318 g/mol. The maximum atomic E-state index is 4.90. The second kappa shape index (κ2) is 4.70. The lowest BCUT2D eigenvalue weighted by molar-refractivity contribution is 0.593. The van der Waals surface area contributed by atoms with Gasteiger partial charge in [0.25, 0.3) is 0 Å². The molecule has 20 heavy (non-hydrogen) atoms. The van der Waals surface area contributed by atoms with Gasteiger partial charge < -0.3 is 10.2 Å². The summed E-state index contributed by atoms with van der Waals surface area (Å²) >= 11 is 3.58. The van der Waals surface area contributed by atoms with E-state index in [9.17, 15) is 0 Å². The normalized spacial score (nSPS) is 22.5. The SMILES string of the molecule is CC1CNCCc2c1nc1c(Br)cnn1c2N1CCC1. The summed E-state index contributed by atoms with van der Waals surface area (Å²) in [7, 11) is 0. The molecule has 0 saturated carbocycles. The molecule has 1 fully saturated rings. The van der Waals surface area contributed by atoms with Crippen molar-refractivity contribution in [2.75, 3.05) is 31.1 Å². The first-order chi connectivity index (χ1) is 9.75. The Morgan fingerprint density at radius 3 is 3.00 bits per heavy atom. The topological polar surface area (TPSA) is 45.5 Å². The summed E-state index contributed by atoms with van der Waals surface area (Å²) in [6, 6.07) is 0. The zero-order valence-corrected chi connectivity index (χ0v) is 13.2. The number of aromatic nitrogens is 3. The summed E-state index contributed by atoms with van der Waals surface area (Å²) in [5.74, 6) is 1.71. The van der Waals surface area contributed by atoms with Crippen LogP contribution in [0.25, 0.3) is 5.65 Å². The van der Waals surface area contributed by atoms with E-state index in [1.807, 2.05) is 10.7 Å². The van der Waals surface area contributed by atoms with E-state index in [1.54, 1.807) is 0 Å². The van der Waals surface area contributed by atoms with Crippen LogP contribution in [-0.4, -0.2) is 40.8 Å². The number of fused-ring (bicyclic) bond motifs is 2. The first-order valence-electron chi connectivity index (χ1n) is 7.27. The fraction of sp³-hybridized carbons (Fsp3) is 0.571. The molecule has 0 radical (unpaired) electrons. The average Bonchev–Trinajstić information content (AvgIpc) is 2.64. The molecule has 2 aromatic rings. The fourth-order valence-electron chi connectivity index (χ4n) is 3.13. The summed E-state index contributed by atoms with van der Waals surface area (Å²) in [4.78, 5) is 7.34. The Morgan fingerprint density at radius 2 is 2.25 bits per heavy atom. The molecular formula is C14H18BrN5. The number of hydrogen-bond acceptors (Lipinski definition) is 4. The second-order valence-electron chi connectivity index (χ2n) is 5.72. The van der Waals surface area contributed by atoms with E-state index in [0.29, 0.717) is 5.92 Å². The van der Waals surface area contributed by atoms with Crippen LogP contribution < -0.4 is 10.2 Å². The van der Waals surface area contributed by atoms with Crippen LogP contribution >= 0.6 is 15.9 Å². The highest BCUT2D eigenvalue weighted by Crippen LogP contribution is 2.34. The fourth-order valence-corrected chi connectivity index (χ4v) is 3.48. The number of halogens is 1. The second-order valence-corrected chi connectivity index (χ2v) is 6.58. The molecule has 0 bridgehead atoms. The van der Waals surface area contributed by atoms with E-state index in [0.717, 1.165) is 42.7 Å². The van der Waals surface area contributed by atoms with Crippen molar-refractivity contribution >= 4 is 27.4 Å². The van der Waals surface area contributed by atoms with E-state index < -0.39 is 0 Å². The molecule has 1 N–H and O–H groups in total. The van der Waals surface area contributed by atoms with Crippen molar-refractivity contribution in [2.45, 2.75) is 25.7 Å². The Kier molecular flexibility index (Phi) is 2.96. The quantitative estimate of drug-likeness (QED) is 0.865. The molecule has 1 saturated heterocycles. The Morgan fingerprint density at radius 1 is 1.40 bits per heavy atom. The van der Waals surface area contributed by atoms with Crippen molar-refractivity contribution in [3.05, 3.63) is 21.9 Å². The minimum atomic E-state index is 0.444. The van der Waals surface area contributed by atoms with E-state index in [1.165, 1.54) is 23.5 Å². The van der Waals surface area contributed by atoms with Crippen molar-refractivity contribution in [1.29, 1.82) is 0 Å². The standard InChI is InChI=1S/C14H18BrN5/c1-9-7-16-4-3-10-12(9)18-13-11(15)8-17-20(13)14(10)19-5-2-6-19/h8-9,16H,2-7H2,1H3. The molecule has 0 amide bonds. The Balaban J connectivity index is 2.01. The molecule has 6 heteroatoms. The Hall–Kier alpha value is -1.14. The van der Waals surface area contributed by atoms with Crippen LogP contribution in [0, 0.1) is 0 Å². The molecule has 4 rings (SSSR count). The van der Waals surface area contributed by atoms with E-state index in [2.05, 4.69) is 38.2 Å². The van der Waals surface area contributed by atoms with Crippen LogP contribution in [0.4, 0.5) is 5.82 Å². The van der Waals surface area contributed by atoms with Gasteiger partial charge in [0, 0.05) is 31.1 Å². The highest BCUT2D eigenvalue weighted by Gasteiger charge is 2.28. The largest absolute Gasteiger partial charge is 0.356 e. The van der Waals surface area contributed by atoms with Crippen LogP contribution in [0.1, 0.15) is 30.5 Å². The lowest BCUT2D eigenvalue weighted by Crippen LogP contribution is -2.39. The van der Waals surface area contributed by atoms with Crippen molar-refractivity contribution in [3.63, 3.8) is 0 Å². The predicted molar refractivity (Wildman–Crippen MR) is 82.5 cm³/mol. The lowest BCUT2D eigenvalue weighted by Gasteiger charge is -2.35. The highest BCUT2D eigenvalue weighted by molar-refractivity contribution is 9.10. The maximum Gasteiger partial charge on any atom is 0.171 e. The van der Waals surface area contributed by atoms with E-state index >= 15 is 0 Å². The molecule has 5 nitrogen and oxygen atoms in total. The first kappa shape index (κ1) is 12.6. The molecule has 2 aromatic heterocycles. The zero-order valence-electron chi connectivity index (χ0n) is 11.6. The molecule has 0 spiro atoms. The molecule has 1 atom stereocenters. The van der Waals surface area contributed by atoms with E-state index in [-0.39, 0.29) is 0 Å². The van der Waals surface area contributed by atoms with Gasteiger partial charge in [-0.1, -0.05) is 6.92 Å².